The molecule has 2 N–H and O–H groups in total. The second-order valence-corrected chi connectivity index (χ2v) is 5.60. The summed E-state index contributed by atoms with van der Waals surface area (Å²) in [6, 6.07) is 34.2. The summed E-state index contributed by atoms with van der Waals surface area (Å²) in [6.07, 6.45) is 0. The van der Waals surface area contributed by atoms with Crippen molar-refractivity contribution in [1.29, 1.82) is 0 Å². The molecule has 4 rings (SSSR count). The zero-order valence-electron chi connectivity index (χ0n) is 15.8. The molecule has 0 aliphatic carbocycles. The van der Waals surface area contributed by atoms with E-state index in [2.05, 4.69) is 0 Å². The molecule has 0 aliphatic heterocycles. The van der Waals surface area contributed by atoms with Crippen LogP contribution in [0.5, 0.6) is 11.5 Å². The Morgan fingerprint density at radius 2 is 0.778 bits per heavy atom. The minimum absolute atomic E-state index is 0. The first-order chi connectivity index (χ1) is 12.6. The second-order valence-electron chi connectivity index (χ2n) is 5.60. The van der Waals surface area contributed by atoms with Crippen LogP contribution in [0.25, 0.3) is 0 Å². The van der Waals surface area contributed by atoms with E-state index in [1.54, 1.807) is 24.3 Å². The fourth-order valence-electron chi connectivity index (χ4n) is 1.73. The van der Waals surface area contributed by atoms with Gasteiger partial charge in [-0.25, -0.2) is 24.3 Å². The van der Waals surface area contributed by atoms with Crippen molar-refractivity contribution in [2.24, 2.45) is 0 Å². The molecule has 138 valence electrons. The average molecular weight is 438 g/mol. The van der Waals surface area contributed by atoms with Crippen LogP contribution in [-0.2, 0) is 26.2 Å². The summed E-state index contributed by atoms with van der Waals surface area (Å²) in [7, 11) is 0. The average Bonchev–Trinajstić information content (AvgIpc) is 3.39. The molecule has 0 aromatic heterocycles. The van der Waals surface area contributed by atoms with E-state index in [1.165, 1.54) is 11.1 Å². The van der Waals surface area contributed by atoms with Gasteiger partial charge in [0.15, 0.2) is 0 Å². The molecule has 0 saturated carbocycles. The zero-order chi connectivity index (χ0) is 19.0. The van der Waals surface area contributed by atoms with Crippen molar-refractivity contribution in [3.05, 3.63) is 120 Å². The SMILES string of the molecule is Cc1ccc(O)cc1.Cc1ccc(O)cc1.[Zr+2].c1cc[cH-]c1.c1cc[cH-]c1. The predicted octanol–water partition coefficient (Wildman–Crippen LogP) is 6.21. The smallest absolute Gasteiger partial charge is 0.508 e. The van der Waals surface area contributed by atoms with Crippen LogP contribution in [0.4, 0.5) is 0 Å². The third kappa shape index (κ3) is 14.5. The first-order valence-electron chi connectivity index (χ1n) is 8.42. The molecule has 0 fully saturated rings. The van der Waals surface area contributed by atoms with E-state index < -0.39 is 0 Å². The first kappa shape index (κ1) is 24.6. The Bertz CT molecular complexity index is 610. The monoisotopic (exact) mass is 436 g/mol. The van der Waals surface area contributed by atoms with Gasteiger partial charge in [-0.3, -0.25) is 0 Å². The molecule has 0 heterocycles. The van der Waals surface area contributed by atoms with Gasteiger partial charge in [-0.15, -0.1) is 0 Å². The second kappa shape index (κ2) is 15.8. The maximum Gasteiger partial charge on any atom is 2.00 e. The van der Waals surface area contributed by atoms with E-state index in [-0.39, 0.29) is 26.2 Å². The summed E-state index contributed by atoms with van der Waals surface area (Å²) < 4.78 is 0. The molecule has 0 unspecified atom stereocenters. The third-order valence-corrected chi connectivity index (χ3v) is 3.18. The van der Waals surface area contributed by atoms with Gasteiger partial charge in [0.05, 0.1) is 0 Å². The Morgan fingerprint density at radius 3 is 0.926 bits per heavy atom. The zero-order valence-corrected chi connectivity index (χ0v) is 18.2. The summed E-state index contributed by atoms with van der Waals surface area (Å²) in [6.45, 7) is 3.97. The van der Waals surface area contributed by atoms with Gasteiger partial charge >= 0.3 is 26.2 Å². The van der Waals surface area contributed by atoms with Crippen molar-refractivity contribution in [3.8, 4) is 11.5 Å². The Balaban J connectivity index is 0.000000337. The Labute approximate surface area is 181 Å². The molecular weight excluding hydrogens is 411 g/mol. The maximum atomic E-state index is 8.76. The van der Waals surface area contributed by atoms with Gasteiger partial charge in [0, 0.05) is 0 Å². The van der Waals surface area contributed by atoms with Crippen molar-refractivity contribution in [2.75, 3.05) is 0 Å². The van der Waals surface area contributed by atoms with E-state index >= 15 is 0 Å². The number of phenols is 2. The number of aromatic hydroxyl groups is 2. The molecule has 0 atom stereocenters. The molecule has 2 nitrogen and oxygen atoms in total. The van der Waals surface area contributed by atoms with Gasteiger partial charge in [-0.05, 0) is 38.1 Å². The van der Waals surface area contributed by atoms with E-state index in [0.29, 0.717) is 11.5 Å². The van der Waals surface area contributed by atoms with Gasteiger partial charge in [-0.2, -0.15) is 36.4 Å². The van der Waals surface area contributed by atoms with E-state index in [4.69, 9.17) is 10.2 Å². The van der Waals surface area contributed by atoms with Crippen LogP contribution < -0.4 is 0 Å². The Morgan fingerprint density at radius 1 is 0.519 bits per heavy atom. The van der Waals surface area contributed by atoms with Crippen LogP contribution in [0, 0.1) is 13.8 Å². The first-order valence-corrected chi connectivity index (χ1v) is 8.42. The normalized spacial score (nSPS) is 8.37. The molecule has 27 heavy (non-hydrogen) atoms. The van der Waals surface area contributed by atoms with Crippen LogP contribution in [0.2, 0.25) is 0 Å². The number of aryl methyl sites for hydroxylation is 2. The van der Waals surface area contributed by atoms with Gasteiger partial charge < -0.3 is 10.2 Å². The fourth-order valence-corrected chi connectivity index (χ4v) is 1.73. The quantitative estimate of drug-likeness (QED) is 0.321. The third-order valence-electron chi connectivity index (χ3n) is 3.18. The van der Waals surface area contributed by atoms with Crippen LogP contribution in [0.1, 0.15) is 11.1 Å². The van der Waals surface area contributed by atoms with Crippen molar-refractivity contribution in [3.63, 3.8) is 0 Å². The number of benzene rings is 2. The van der Waals surface area contributed by atoms with Gasteiger partial charge in [0.2, 0.25) is 0 Å². The minimum Gasteiger partial charge on any atom is -0.508 e. The molecule has 0 amide bonds. The Kier molecular flexibility index (Phi) is 14.5. The molecule has 0 radical (unpaired) electrons. The molecule has 0 saturated heterocycles. The van der Waals surface area contributed by atoms with Crippen LogP contribution in [0.3, 0.4) is 0 Å². The number of rotatable bonds is 0. The van der Waals surface area contributed by atoms with E-state index in [9.17, 15) is 0 Å². The number of hydrogen-bond acceptors (Lipinski definition) is 2. The van der Waals surface area contributed by atoms with Gasteiger partial charge in [0.25, 0.3) is 0 Å². The number of phenolic OH excluding ortho intramolecular Hbond substituents is 2. The summed E-state index contributed by atoms with van der Waals surface area (Å²) in [5.41, 5.74) is 2.34. The summed E-state index contributed by atoms with van der Waals surface area (Å²) in [4.78, 5) is 0. The standard InChI is InChI=1S/2C7H8O.2C5H5.Zr/c2*1-6-2-4-7(8)5-3-6;2*1-2-4-5-3-1;/h2*2-5,8H,1H3;2*1-5H;/q;;2*-1;+2. The molecule has 3 heteroatoms. The van der Waals surface area contributed by atoms with Crippen LogP contribution in [-0.4, -0.2) is 10.2 Å². The van der Waals surface area contributed by atoms with Gasteiger partial charge in [0.1, 0.15) is 11.5 Å². The van der Waals surface area contributed by atoms with Gasteiger partial charge in [-0.1, -0.05) is 35.4 Å². The predicted molar refractivity (Wildman–Crippen MR) is 110 cm³/mol. The minimum atomic E-state index is 0. The Hall–Kier alpha value is -2.38. The molecule has 4 aromatic carbocycles. The van der Waals surface area contributed by atoms with Crippen molar-refractivity contribution in [2.45, 2.75) is 13.8 Å². The molecule has 0 aliphatic rings. The summed E-state index contributed by atoms with van der Waals surface area (Å²) in [5.74, 6) is 0.659. The molecule has 4 aromatic rings. The largest absolute Gasteiger partial charge is 2.00 e. The summed E-state index contributed by atoms with van der Waals surface area (Å²) in [5, 5.41) is 17.5. The van der Waals surface area contributed by atoms with Crippen molar-refractivity contribution < 1.29 is 36.4 Å². The summed E-state index contributed by atoms with van der Waals surface area (Å²) >= 11 is 0. The molecular formula is C24H26O2Zr. The van der Waals surface area contributed by atoms with Crippen molar-refractivity contribution >= 4 is 0 Å². The topological polar surface area (TPSA) is 40.5 Å². The molecule has 0 bridgehead atoms. The molecule has 0 spiro atoms. The van der Waals surface area contributed by atoms with E-state index in [1.807, 2.05) is 98.8 Å². The maximum absolute atomic E-state index is 8.76. The van der Waals surface area contributed by atoms with Crippen LogP contribution >= 0.6 is 0 Å². The fraction of sp³-hybridized carbons (Fsp3) is 0.0833. The number of hydrogen-bond donors (Lipinski definition) is 2. The van der Waals surface area contributed by atoms with Crippen molar-refractivity contribution in [1.82, 2.24) is 0 Å². The van der Waals surface area contributed by atoms with E-state index in [0.717, 1.165) is 0 Å². The van der Waals surface area contributed by atoms with Crippen LogP contribution in [0.15, 0.2) is 109 Å².